The first-order chi connectivity index (χ1) is 19.3. The predicted molar refractivity (Wildman–Crippen MR) is 150 cm³/mol. The zero-order chi connectivity index (χ0) is 30.3. The number of hydrogen-bond acceptors (Lipinski definition) is 7. The van der Waals surface area contributed by atoms with Crippen molar-refractivity contribution in [3.05, 3.63) is 109 Å². The van der Waals surface area contributed by atoms with Crippen LogP contribution in [0.25, 0.3) is 22.3 Å². The lowest BCUT2D eigenvalue weighted by molar-refractivity contribution is -0.130. The Morgan fingerprint density at radius 1 is 0.610 bits per heavy atom. The molecular formula is C32H26F2O7. The highest BCUT2D eigenvalue weighted by molar-refractivity contribution is 5.92. The molecule has 41 heavy (non-hydrogen) atoms. The van der Waals surface area contributed by atoms with Gasteiger partial charge in [-0.2, -0.15) is 8.78 Å². The maximum Gasteiger partial charge on any atom is 0.338 e. The van der Waals surface area contributed by atoms with Gasteiger partial charge in [0, 0.05) is 27.8 Å². The number of benzene rings is 3. The molecule has 0 saturated heterocycles. The summed E-state index contributed by atoms with van der Waals surface area (Å²) in [6.45, 7) is 15.2. The van der Waals surface area contributed by atoms with Gasteiger partial charge in [0.1, 0.15) is 23.0 Å². The second-order valence-corrected chi connectivity index (χ2v) is 8.93. The molecule has 0 saturated carbocycles. The second-order valence-electron chi connectivity index (χ2n) is 8.93. The van der Waals surface area contributed by atoms with E-state index in [-0.39, 0.29) is 46.0 Å². The van der Waals surface area contributed by atoms with Gasteiger partial charge >= 0.3 is 24.0 Å². The largest absolute Gasteiger partial charge is 0.459 e. The second kappa shape index (κ2) is 13.2. The van der Waals surface area contributed by atoms with E-state index in [1.807, 2.05) is 0 Å². The lowest BCUT2D eigenvalue weighted by atomic mass is 9.97. The quantitative estimate of drug-likeness (QED) is 0.109. The summed E-state index contributed by atoms with van der Waals surface area (Å²) in [6.07, 6.45) is -1.79. The average molecular weight is 561 g/mol. The lowest BCUT2D eigenvalue weighted by Gasteiger charge is -2.17. The Morgan fingerprint density at radius 2 is 0.976 bits per heavy atom. The van der Waals surface area contributed by atoms with E-state index in [1.54, 1.807) is 24.3 Å². The van der Waals surface area contributed by atoms with Crippen LogP contribution in [0.2, 0.25) is 0 Å². The summed E-state index contributed by atoms with van der Waals surface area (Å²) in [5.41, 5.74) is 2.14. The third-order valence-electron chi connectivity index (χ3n) is 5.36. The molecule has 3 aromatic rings. The van der Waals surface area contributed by atoms with Gasteiger partial charge in [0.15, 0.2) is 6.26 Å². The van der Waals surface area contributed by atoms with Gasteiger partial charge in [0.2, 0.25) is 0 Å². The predicted octanol–water partition coefficient (Wildman–Crippen LogP) is 7.58. The topological polar surface area (TPSA) is 88.1 Å². The number of rotatable bonds is 10. The van der Waals surface area contributed by atoms with Crippen molar-refractivity contribution in [2.75, 3.05) is 0 Å². The minimum atomic E-state index is -2.07. The Kier molecular flexibility index (Phi) is 9.71. The molecule has 0 radical (unpaired) electrons. The van der Waals surface area contributed by atoms with Crippen molar-refractivity contribution in [2.24, 2.45) is 0 Å². The highest BCUT2D eigenvalue weighted by Gasteiger charge is 2.19. The third kappa shape index (κ3) is 8.09. The monoisotopic (exact) mass is 560 g/mol. The molecule has 3 rings (SSSR count). The number of ether oxygens (including phenoxy) is 4. The fourth-order valence-corrected chi connectivity index (χ4v) is 3.28. The van der Waals surface area contributed by atoms with E-state index in [9.17, 15) is 23.2 Å². The number of esters is 3. The first kappa shape index (κ1) is 30.2. The van der Waals surface area contributed by atoms with Gasteiger partial charge in [-0.25, -0.2) is 14.4 Å². The smallest absolute Gasteiger partial charge is 0.338 e. The highest BCUT2D eigenvalue weighted by atomic mass is 19.3. The summed E-state index contributed by atoms with van der Waals surface area (Å²) in [5.74, 6) is -1.36. The molecule has 9 heteroatoms. The average Bonchev–Trinajstić information content (AvgIpc) is 2.92. The summed E-state index contributed by atoms with van der Waals surface area (Å²) < 4.78 is 47.4. The van der Waals surface area contributed by atoms with E-state index in [1.165, 1.54) is 57.2 Å². The van der Waals surface area contributed by atoms with Crippen molar-refractivity contribution in [2.45, 2.75) is 20.8 Å². The van der Waals surface area contributed by atoms with Crippen LogP contribution in [0.3, 0.4) is 0 Å². The standard InChI is InChI=1S/C32H26F2O7/c1-18(2)30(35)39-23-11-7-21(8-12-23)25-16-28(41-32(37)20(5)6)26(15-27(25)38-17-29(33)34)22-9-13-24(14-10-22)40-31(36)19(3)4/h7-17H,1,3,5H2,2,4,6H3. The molecule has 0 unspecified atom stereocenters. The number of carbonyl (C=O) groups excluding carboxylic acids is 3. The maximum absolute atomic E-state index is 13.0. The summed E-state index contributed by atoms with van der Waals surface area (Å²) in [4.78, 5) is 36.2. The molecule has 0 heterocycles. The van der Waals surface area contributed by atoms with E-state index in [0.29, 0.717) is 22.3 Å². The first-order valence-electron chi connectivity index (χ1n) is 12.1. The van der Waals surface area contributed by atoms with E-state index >= 15 is 0 Å². The van der Waals surface area contributed by atoms with Crippen LogP contribution in [0.15, 0.2) is 109 Å². The zero-order valence-corrected chi connectivity index (χ0v) is 22.6. The van der Waals surface area contributed by atoms with Crippen molar-refractivity contribution >= 4 is 17.9 Å². The molecule has 0 N–H and O–H groups in total. The molecule has 0 aliphatic heterocycles. The van der Waals surface area contributed by atoms with Gasteiger partial charge in [-0.1, -0.05) is 44.0 Å². The fraction of sp³-hybridized carbons (Fsp3) is 0.0938. The molecule has 210 valence electrons. The molecular weight excluding hydrogens is 534 g/mol. The molecule has 0 amide bonds. The van der Waals surface area contributed by atoms with Crippen molar-refractivity contribution in [1.29, 1.82) is 0 Å². The summed E-state index contributed by atoms with van der Waals surface area (Å²) in [7, 11) is 0. The van der Waals surface area contributed by atoms with Gasteiger partial charge in [-0.15, -0.1) is 0 Å². The molecule has 0 bridgehead atoms. The summed E-state index contributed by atoms with van der Waals surface area (Å²) in [6, 6.07) is 15.3. The molecule has 0 spiro atoms. The molecule has 0 aliphatic rings. The normalized spacial score (nSPS) is 10.2. The molecule has 7 nitrogen and oxygen atoms in total. The minimum absolute atomic E-state index is 0.00684. The molecule has 0 fully saturated rings. The first-order valence-corrected chi connectivity index (χ1v) is 12.1. The Hall–Kier alpha value is -5.31. The van der Waals surface area contributed by atoms with E-state index in [0.717, 1.165) is 0 Å². The van der Waals surface area contributed by atoms with Crippen molar-refractivity contribution in [3.8, 4) is 45.3 Å². The SMILES string of the molecule is C=C(C)C(=O)Oc1ccc(-c2cc(OC(=O)C(=C)C)c(-c3ccc(OC(=O)C(=C)C)cc3)cc2OC=C(F)F)cc1. The maximum atomic E-state index is 13.0. The van der Waals surface area contributed by atoms with Crippen molar-refractivity contribution in [1.82, 2.24) is 0 Å². The van der Waals surface area contributed by atoms with Gasteiger partial charge in [0.25, 0.3) is 0 Å². The van der Waals surface area contributed by atoms with Gasteiger partial charge < -0.3 is 18.9 Å². The van der Waals surface area contributed by atoms with Crippen molar-refractivity contribution in [3.63, 3.8) is 0 Å². The van der Waals surface area contributed by atoms with E-state index in [4.69, 9.17) is 18.9 Å². The van der Waals surface area contributed by atoms with Gasteiger partial charge in [-0.05, 0) is 68.3 Å². The lowest BCUT2D eigenvalue weighted by Crippen LogP contribution is -2.09. The summed E-state index contributed by atoms with van der Waals surface area (Å²) >= 11 is 0. The van der Waals surface area contributed by atoms with Crippen LogP contribution in [0.4, 0.5) is 8.78 Å². The van der Waals surface area contributed by atoms with E-state index in [2.05, 4.69) is 19.7 Å². The Morgan fingerprint density at radius 3 is 1.37 bits per heavy atom. The van der Waals surface area contributed by atoms with Crippen LogP contribution in [0.5, 0.6) is 23.0 Å². The van der Waals surface area contributed by atoms with Crippen LogP contribution in [-0.4, -0.2) is 17.9 Å². The minimum Gasteiger partial charge on any atom is -0.459 e. The Balaban J connectivity index is 2.14. The molecule has 3 aromatic carbocycles. The fourth-order valence-electron chi connectivity index (χ4n) is 3.28. The molecule has 0 aromatic heterocycles. The van der Waals surface area contributed by atoms with Crippen LogP contribution in [-0.2, 0) is 14.4 Å². The molecule has 0 aliphatic carbocycles. The molecule has 0 atom stereocenters. The Labute approximate surface area is 235 Å². The van der Waals surface area contributed by atoms with Crippen LogP contribution >= 0.6 is 0 Å². The highest BCUT2D eigenvalue weighted by Crippen LogP contribution is 2.42. The number of halogens is 2. The van der Waals surface area contributed by atoms with Crippen LogP contribution < -0.4 is 18.9 Å². The third-order valence-corrected chi connectivity index (χ3v) is 5.36. The zero-order valence-electron chi connectivity index (χ0n) is 22.6. The number of carbonyl (C=O) groups is 3. The van der Waals surface area contributed by atoms with Crippen LogP contribution in [0.1, 0.15) is 20.8 Å². The summed E-state index contributed by atoms with van der Waals surface area (Å²) in [5, 5.41) is 0. The van der Waals surface area contributed by atoms with Gasteiger partial charge in [-0.3, -0.25) is 0 Å². The van der Waals surface area contributed by atoms with E-state index < -0.39 is 24.0 Å². The van der Waals surface area contributed by atoms with Crippen LogP contribution in [0, 0.1) is 0 Å². The number of hydrogen-bond donors (Lipinski definition) is 0. The van der Waals surface area contributed by atoms with Gasteiger partial charge in [0.05, 0.1) is 0 Å². The Bertz CT molecular complexity index is 1560. The van der Waals surface area contributed by atoms with Crippen molar-refractivity contribution < 1.29 is 42.1 Å².